The molecule has 0 spiro atoms. The molecule has 0 fully saturated rings. The lowest BCUT2D eigenvalue weighted by Crippen LogP contribution is -2.28. The van der Waals surface area contributed by atoms with Crippen molar-refractivity contribution in [2.75, 3.05) is 18.1 Å². The second kappa shape index (κ2) is 5.63. The Labute approximate surface area is 128 Å². The molecule has 0 aliphatic carbocycles. The summed E-state index contributed by atoms with van der Waals surface area (Å²) < 4.78 is 25.7. The first-order valence-electron chi connectivity index (χ1n) is 6.27. The van der Waals surface area contributed by atoms with Gasteiger partial charge in [0, 0.05) is 11.6 Å². The van der Waals surface area contributed by atoms with Crippen LogP contribution in [0.1, 0.15) is 18.9 Å². The molecule has 6 nitrogen and oxygen atoms in total. The van der Waals surface area contributed by atoms with Gasteiger partial charge in [0.05, 0.1) is 21.8 Å². The summed E-state index contributed by atoms with van der Waals surface area (Å²) in [5.74, 6) is 0. The number of hydrogen-bond donors (Lipinski definition) is 3. The van der Waals surface area contributed by atoms with E-state index in [1.165, 1.54) is 19.2 Å². The average molecular weight is 326 g/mol. The van der Waals surface area contributed by atoms with E-state index in [2.05, 4.69) is 15.0 Å². The van der Waals surface area contributed by atoms with Gasteiger partial charge in [-0.25, -0.2) is 18.1 Å². The van der Waals surface area contributed by atoms with E-state index >= 15 is 0 Å². The van der Waals surface area contributed by atoms with Crippen LogP contribution in [0.25, 0.3) is 0 Å². The van der Waals surface area contributed by atoms with Crippen LogP contribution in [-0.2, 0) is 15.6 Å². The van der Waals surface area contributed by atoms with Crippen LogP contribution >= 0.6 is 11.3 Å². The molecule has 0 atom stereocenters. The van der Waals surface area contributed by atoms with E-state index in [1.54, 1.807) is 23.6 Å². The number of hydrogen-bond acceptors (Lipinski definition) is 6. The van der Waals surface area contributed by atoms with Crippen LogP contribution in [0.5, 0.6) is 0 Å². The van der Waals surface area contributed by atoms with Crippen LogP contribution in [0.2, 0.25) is 0 Å². The summed E-state index contributed by atoms with van der Waals surface area (Å²) in [5.41, 5.74) is 6.61. The van der Waals surface area contributed by atoms with Crippen molar-refractivity contribution in [1.29, 1.82) is 0 Å². The summed E-state index contributed by atoms with van der Waals surface area (Å²) in [6.45, 7) is 3.98. The number of sulfonamides is 1. The molecule has 8 heteroatoms. The predicted octanol–water partition coefficient (Wildman–Crippen LogP) is 1.98. The van der Waals surface area contributed by atoms with Gasteiger partial charge in [-0.3, -0.25) is 0 Å². The Kier molecular flexibility index (Phi) is 4.22. The molecule has 1 aromatic heterocycles. The number of benzene rings is 1. The van der Waals surface area contributed by atoms with E-state index in [1.807, 2.05) is 19.2 Å². The van der Waals surface area contributed by atoms with E-state index < -0.39 is 15.6 Å². The highest BCUT2D eigenvalue weighted by Crippen LogP contribution is 2.31. The fraction of sp³-hybridized carbons (Fsp3) is 0.308. The van der Waals surface area contributed by atoms with Crippen molar-refractivity contribution in [2.24, 2.45) is 0 Å². The van der Waals surface area contributed by atoms with Crippen LogP contribution in [0.4, 0.5) is 11.4 Å². The Morgan fingerprint density at radius 3 is 2.57 bits per heavy atom. The maximum absolute atomic E-state index is 11.7. The normalized spacial score (nSPS) is 12.3. The molecule has 0 saturated carbocycles. The van der Waals surface area contributed by atoms with Crippen LogP contribution in [0.3, 0.4) is 0 Å². The van der Waals surface area contributed by atoms with Crippen LogP contribution in [0, 0.1) is 0 Å². The number of aromatic nitrogens is 1. The van der Waals surface area contributed by atoms with Crippen molar-refractivity contribution >= 4 is 32.7 Å². The summed E-state index contributed by atoms with van der Waals surface area (Å²) in [7, 11) is -2.13. The van der Waals surface area contributed by atoms with Gasteiger partial charge in [0.25, 0.3) is 0 Å². The Hall–Kier alpha value is -1.64. The Morgan fingerprint density at radius 2 is 2.05 bits per heavy atom. The molecule has 0 aliphatic rings. The fourth-order valence-corrected chi connectivity index (χ4v) is 3.34. The Morgan fingerprint density at radius 1 is 1.33 bits per heavy atom. The topological polar surface area (TPSA) is 97.1 Å². The number of nitrogens with zero attached hydrogens (tertiary/aromatic N) is 1. The molecule has 0 radical (unpaired) electrons. The average Bonchev–Trinajstić information content (AvgIpc) is 2.95. The first-order valence-corrected chi connectivity index (χ1v) is 8.64. The zero-order chi connectivity index (χ0) is 15.7. The molecule has 0 saturated heterocycles. The first kappa shape index (κ1) is 15.7. The van der Waals surface area contributed by atoms with Gasteiger partial charge >= 0.3 is 0 Å². The van der Waals surface area contributed by atoms with Gasteiger partial charge in [-0.1, -0.05) is 0 Å². The van der Waals surface area contributed by atoms with E-state index in [4.69, 9.17) is 5.73 Å². The Bertz CT molecular complexity index is 725. The molecular weight excluding hydrogens is 308 g/mol. The first-order chi connectivity index (χ1) is 9.76. The van der Waals surface area contributed by atoms with Gasteiger partial charge < -0.3 is 11.1 Å². The van der Waals surface area contributed by atoms with Gasteiger partial charge in [0.2, 0.25) is 10.0 Å². The minimum atomic E-state index is -3.49. The van der Waals surface area contributed by atoms with Gasteiger partial charge in [0.1, 0.15) is 5.01 Å². The second-order valence-electron chi connectivity index (χ2n) is 5.04. The minimum Gasteiger partial charge on any atom is -0.397 e. The van der Waals surface area contributed by atoms with Crippen molar-refractivity contribution in [3.63, 3.8) is 0 Å². The van der Waals surface area contributed by atoms with E-state index in [0.717, 1.165) is 5.01 Å². The molecule has 0 aliphatic heterocycles. The molecule has 21 heavy (non-hydrogen) atoms. The summed E-state index contributed by atoms with van der Waals surface area (Å²) in [5, 5.41) is 6.13. The lowest BCUT2D eigenvalue weighted by Gasteiger charge is -2.26. The standard InChI is InChI=1S/C13H18N4O2S2/c1-13(2,12-16-6-7-20-12)17-11-5-4-9(8-10(11)14)21(18,19)15-3/h4-8,15,17H,14H2,1-3H3. The lowest BCUT2D eigenvalue weighted by atomic mass is 10.1. The number of rotatable bonds is 5. The number of nitrogens with one attached hydrogen (secondary N) is 2. The SMILES string of the molecule is CNS(=O)(=O)c1ccc(NC(C)(C)c2nccs2)c(N)c1. The molecule has 4 N–H and O–H groups in total. The Balaban J connectivity index is 2.31. The van der Waals surface area contributed by atoms with E-state index in [0.29, 0.717) is 11.4 Å². The smallest absolute Gasteiger partial charge is 0.240 e. The maximum Gasteiger partial charge on any atom is 0.240 e. The lowest BCUT2D eigenvalue weighted by molar-refractivity contribution is 0.588. The van der Waals surface area contributed by atoms with E-state index in [9.17, 15) is 8.42 Å². The van der Waals surface area contributed by atoms with Gasteiger partial charge in [-0.15, -0.1) is 11.3 Å². The highest BCUT2D eigenvalue weighted by Gasteiger charge is 2.24. The molecule has 2 aromatic rings. The van der Waals surface area contributed by atoms with Crippen LogP contribution in [-0.4, -0.2) is 20.4 Å². The fourth-order valence-electron chi connectivity index (χ4n) is 1.86. The van der Waals surface area contributed by atoms with Crippen LogP contribution < -0.4 is 15.8 Å². The van der Waals surface area contributed by atoms with Crippen molar-refractivity contribution in [1.82, 2.24) is 9.71 Å². The molecule has 0 amide bonds. The zero-order valence-electron chi connectivity index (χ0n) is 12.0. The van der Waals surface area contributed by atoms with Crippen LogP contribution in [0.15, 0.2) is 34.7 Å². The summed E-state index contributed by atoms with van der Waals surface area (Å²) in [6.07, 6.45) is 1.75. The number of thiazole rings is 1. The highest BCUT2D eigenvalue weighted by atomic mass is 32.2. The quantitative estimate of drug-likeness (QED) is 0.730. The molecule has 1 aromatic carbocycles. The monoisotopic (exact) mass is 326 g/mol. The molecule has 1 heterocycles. The van der Waals surface area contributed by atoms with Crippen molar-refractivity contribution in [2.45, 2.75) is 24.3 Å². The third kappa shape index (κ3) is 3.34. The predicted molar refractivity (Wildman–Crippen MR) is 85.9 cm³/mol. The number of anilines is 2. The molecular formula is C13H18N4O2S2. The number of nitrogen functional groups attached to an aromatic ring is 1. The van der Waals surface area contributed by atoms with Crippen molar-refractivity contribution < 1.29 is 8.42 Å². The zero-order valence-corrected chi connectivity index (χ0v) is 13.7. The summed E-state index contributed by atoms with van der Waals surface area (Å²) in [4.78, 5) is 4.43. The maximum atomic E-state index is 11.7. The van der Waals surface area contributed by atoms with Gasteiger partial charge in [-0.05, 0) is 39.1 Å². The third-order valence-electron chi connectivity index (χ3n) is 3.02. The second-order valence-corrected chi connectivity index (χ2v) is 7.82. The molecule has 0 unspecified atom stereocenters. The van der Waals surface area contributed by atoms with Gasteiger partial charge in [-0.2, -0.15) is 0 Å². The largest absolute Gasteiger partial charge is 0.397 e. The van der Waals surface area contributed by atoms with Crippen molar-refractivity contribution in [3.8, 4) is 0 Å². The minimum absolute atomic E-state index is 0.139. The third-order valence-corrected chi connectivity index (χ3v) is 5.52. The van der Waals surface area contributed by atoms with Crippen molar-refractivity contribution in [3.05, 3.63) is 34.8 Å². The summed E-state index contributed by atoms with van der Waals surface area (Å²) in [6, 6.07) is 4.61. The van der Waals surface area contributed by atoms with Gasteiger partial charge in [0.15, 0.2) is 0 Å². The molecule has 2 rings (SSSR count). The number of nitrogens with two attached hydrogens (primary N) is 1. The highest BCUT2D eigenvalue weighted by molar-refractivity contribution is 7.89. The van der Waals surface area contributed by atoms with E-state index in [-0.39, 0.29) is 4.90 Å². The molecule has 0 bridgehead atoms. The molecule has 114 valence electrons. The summed E-state index contributed by atoms with van der Waals surface area (Å²) >= 11 is 1.55.